The normalized spacial score (nSPS) is 20.2. The van der Waals surface area contributed by atoms with Gasteiger partial charge in [-0.1, -0.05) is 5.16 Å². The zero-order valence-electron chi connectivity index (χ0n) is 14.2. The Kier molecular flexibility index (Phi) is 4.49. The summed E-state index contributed by atoms with van der Waals surface area (Å²) in [5, 5.41) is 3.98. The van der Waals surface area contributed by atoms with E-state index in [1.165, 1.54) is 18.5 Å². The molecule has 0 aromatic carbocycles. The van der Waals surface area contributed by atoms with Crippen molar-refractivity contribution in [1.82, 2.24) is 19.8 Å². The first kappa shape index (κ1) is 17.2. The summed E-state index contributed by atoms with van der Waals surface area (Å²) in [5.41, 5.74) is 1.05. The van der Waals surface area contributed by atoms with Crippen molar-refractivity contribution < 1.29 is 17.7 Å². The van der Waals surface area contributed by atoms with Crippen LogP contribution in [0.2, 0.25) is 0 Å². The van der Waals surface area contributed by atoms with Gasteiger partial charge in [0.25, 0.3) is 5.91 Å². The molecule has 0 bridgehead atoms. The average Bonchev–Trinajstić information content (AvgIpc) is 3.31. The van der Waals surface area contributed by atoms with Crippen molar-refractivity contribution in [2.75, 3.05) is 13.1 Å². The maximum absolute atomic E-state index is 12.6. The van der Waals surface area contributed by atoms with Gasteiger partial charge in [-0.2, -0.15) is 0 Å². The van der Waals surface area contributed by atoms with E-state index in [1.807, 2.05) is 0 Å². The molecule has 8 nitrogen and oxygen atoms in total. The minimum atomic E-state index is -3.65. The summed E-state index contributed by atoms with van der Waals surface area (Å²) >= 11 is 0. The number of hydrogen-bond acceptors (Lipinski definition) is 6. The molecule has 1 aliphatic carbocycles. The lowest BCUT2D eigenvalue weighted by atomic mass is 9.92. The van der Waals surface area contributed by atoms with Crippen LogP contribution in [0.15, 0.2) is 33.9 Å². The van der Waals surface area contributed by atoms with Crippen LogP contribution in [0.3, 0.4) is 0 Å². The highest BCUT2D eigenvalue weighted by molar-refractivity contribution is 7.89. The number of rotatable bonds is 4. The van der Waals surface area contributed by atoms with Crippen LogP contribution in [0.25, 0.3) is 0 Å². The minimum absolute atomic E-state index is 0.122. The van der Waals surface area contributed by atoms with E-state index < -0.39 is 10.0 Å². The smallest absolute Gasteiger partial charge is 0.276 e. The van der Waals surface area contributed by atoms with Crippen LogP contribution in [0.4, 0.5) is 0 Å². The van der Waals surface area contributed by atoms with Gasteiger partial charge in [0.1, 0.15) is 10.7 Å². The molecule has 138 valence electrons. The lowest BCUT2D eigenvalue weighted by molar-refractivity contribution is 0.0781. The van der Waals surface area contributed by atoms with Crippen molar-refractivity contribution in [2.45, 2.75) is 43.0 Å². The second-order valence-corrected chi connectivity index (χ2v) is 8.40. The number of hydrogen-bond donors (Lipinski definition) is 1. The molecule has 9 heteroatoms. The lowest BCUT2D eigenvalue weighted by Crippen LogP contribution is -2.39. The third kappa shape index (κ3) is 3.24. The highest BCUT2D eigenvalue weighted by atomic mass is 32.2. The van der Waals surface area contributed by atoms with E-state index in [0.29, 0.717) is 30.7 Å². The van der Waals surface area contributed by atoms with Gasteiger partial charge >= 0.3 is 0 Å². The number of fused-ring (bicyclic) bond motifs is 1. The van der Waals surface area contributed by atoms with E-state index in [1.54, 1.807) is 11.0 Å². The zero-order chi connectivity index (χ0) is 18.1. The third-order valence-electron chi connectivity index (χ3n) is 4.90. The van der Waals surface area contributed by atoms with Gasteiger partial charge in [0.2, 0.25) is 10.0 Å². The van der Waals surface area contributed by atoms with Gasteiger partial charge in [0.15, 0.2) is 5.69 Å². The Morgan fingerprint density at radius 1 is 1.31 bits per heavy atom. The van der Waals surface area contributed by atoms with E-state index in [4.69, 9.17) is 4.52 Å². The van der Waals surface area contributed by atoms with Crippen LogP contribution in [-0.2, 0) is 22.9 Å². The van der Waals surface area contributed by atoms with Crippen molar-refractivity contribution in [3.8, 4) is 0 Å². The number of sulfonamides is 1. The number of likely N-dealkylation sites (tertiary alicyclic amines) is 1. The van der Waals surface area contributed by atoms with E-state index in [0.717, 1.165) is 31.5 Å². The van der Waals surface area contributed by atoms with E-state index in [2.05, 4.69) is 14.9 Å². The van der Waals surface area contributed by atoms with Crippen molar-refractivity contribution in [2.24, 2.45) is 0 Å². The van der Waals surface area contributed by atoms with Gasteiger partial charge in [0.05, 0.1) is 0 Å². The Hall–Kier alpha value is -2.26. The quantitative estimate of drug-likeness (QED) is 0.858. The van der Waals surface area contributed by atoms with Gasteiger partial charge in [-0.3, -0.25) is 9.78 Å². The summed E-state index contributed by atoms with van der Waals surface area (Å²) in [6.07, 6.45) is 6.39. The van der Waals surface area contributed by atoms with Crippen LogP contribution in [0.5, 0.6) is 0 Å². The summed E-state index contributed by atoms with van der Waals surface area (Å²) in [6.45, 7) is 1.47. The molecule has 1 N–H and O–H groups in total. The van der Waals surface area contributed by atoms with Gasteiger partial charge < -0.3 is 9.42 Å². The number of amides is 1. The molecule has 1 atom stereocenters. The number of aromatic nitrogens is 2. The molecule has 1 amide bonds. The molecule has 0 radical (unpaired) electrons. The fourth-order valence-corrected chi connectivity index (χ4v) is 4.77. The van der Waals surface area contributed by atoms with E-state index in [9.17, 15) is 13.2 Å². The van der Waals surface area contributed by atoms with Gasteiger partial charge in [0, 0.05) is 43.5 Å². The van der Waals surface area contributed by atoms with Gasteiger partial charge in [-0.25, -0.2) is 13.1 Å². The lowest BCUT2D eigenvalue weighted by Gasteiger charge is -2.23. The standard InChI is InChI=1S/C17H20N4O4S/c22-17(21-8-1-2-9-21)16-14-10-12(5-6-15(14)25-19-16)20-26(23,24)13-4-3-7-18-11-13/h3-4,7,11-12,20H,1-2,5-6,8-10H2. The molecule has 1 fully saturated rings. The highest BCUT2D eigenvalue weighted by Crippen LogP contribution is 2.27. The monoisotopic (exact) mass is 376 g/mol. The predicted molar refractivity (Wildman–Crippen MR) is 92.0 cm³/mol. The SMILES string of the molecule is O=C(c1noc2c1CC(NS(=O)(=O)c1cccnc1)CC2)N1CCCC1. The van der Waals surface area contributed by atoms with Crippen LogP contribution in [0, 0.1) is 0 Å². The van der Waals surface area contributed by atoms with E-state index >= 15 is 0 Å². The van der Waals surface area contributed by atoms with Crippen molar-refractivity contribution in [3.63, 3.8) is 0 Å². The Balaban J connectivity index is 1.52. The third-order valence-corrected chi connectivity index (χ3v) is 6.41. The van der Waals surface area contributed by atoms with Crippen LogP contribution in [-0.4, -0.2) is 48.5 Å². The first-order chi connectivity index (χ1) is 12.5. The molecule has 2 aliphatic rings. The summed E-state index contributed by atoms with van der Waals surface area (Å²) in [7, 11) is -3.65. The fraction of sp³-hybridized carbons (Fsp3) is 0.471. The summed E-state index contributed by atoms with van der Waals surface area (Å²) in [4.78, 5) is 18.4. The molecule has 2 aromatic rings. The van der Waals surface area contributed by atoms with Crippen LogP contribution in [0.1, 0.15) is 41.1 Å². The minimum Gasteiger partial charge on any atom is -0.360 e. The maximum atomic E-state index is 12.6. The molecule has 1 saturated heterocycles. The first-order valence-electron chi connectivity index (χ1n) is 8.73. The number of carbonyl (C=O) groups is 1. The second kappa shape index (κ2) is 6.81. The van der Waals surface area contributed by atoms with Gasteiger partial charge in [-0.05, 0) is 37.8 Å². The molecule has 1 unspecified atom stereocenters. The summed E-state index contributed by atoms with van der Waals surface area (Å²) in [6, 6.07) is 2.78. The van der Waals surface area contributed by atoms with Crippen LogP contribution < -0.4 is 4.72 Å². The van der Waals surface area contributed by atoms with Crippen molar-refractivity contribution in [3.05, 3.63) is 41.5 Å². The number of nitrogens with one attached hydrogen (secondary N) is 1. The Morgan fingerprint density at radius 3 is 2.85 bits per heavy atom. The molecule has 4 rings (SSSR count). The molecule has 2 aromatic heterocycles. The Morgan fingerprint density at radius 2 is 2.12 bits per heavy atom. The number of nitrogens with zero attached hydrogens (tertiary/aromatic N) is 3. The zero-order valence-corrected chi connectivity index (χ0v) is 15.0. The molecule has 26 heavy (non-hydrogen) atoms. The second-order valence-electron chi connectivity index (χ2n) is 6.68. The molecule has 0 spiro atoms. The molecule has 3 heterocycles. The van der Waals surface area contributed by atoms with Crippen molar-refractivity contribution >= 4 is 15.9 Å². The van der Waals surface area contributed by atoms with Crippen molar-refractivity contribution in [1.29, 1.82) is 0 Å². The largest absolute Gasteiger partial charge is 0.360 e. The fourth-order valence-electron chi connectivity index (χ4n) is 3.54. The Bertz CT molecular complexity index is 904. The van der Waals surface area contributed by atoms with Gasteiger partial charge in [-0.15, -0.1) is 0 Å². The first-order valence-corrected chi connectivity index (χ1v) is 10.2. The molecular weight excluding hydrogens is 356 g/mol. The number of pyridine rings is 1. The highest BCUT2D eigenvalue weighted by Gasteiger charge is 2.33. The maximum Gasteiger partial charge on any atom is 0.276 e. The molecule has 1 aliphatic heterocycles. The van der Waals surface area contributed by atoms with Crippen LogP contribution >= 0.6 is 0 Å². The van der Waals surface area contributed by atoms with E-state index in [-0.39, 0.29) is 16.8 Å². The number of aryl methyl sites for hydroxylation is 1. The molecule has 0 saturated carbocycles. The summed E-state index contributed by atoms with van der Waals surface area (Å²) in [5.74, 6) is 0.563. The number of carbonyl (C=O) groups excluding carboxylic acids is 1. The topological polar surface area (TPSA) is 105 Å². The average molecular weight is 376 g/mol. The molecular formula is C17H20N4O4S. The predicted octanol–water partition coefficient (Wildman–Crippen LogP) is 1.14. The summed E-state index contributed by atoms with van der Waals surface area (Å²) < 4.78 is 33.1. The Labute approximate surface area is 151 Å².